The first kappa shape index (κ1) is 17.7. The number of rotatable bonds is 5. The molecule has 0 spiro atoms. The molecular formula is C20H19N5O3. The molecule has 8 heteroatoms. The van der Waals surface area contributed by atoms with Gasteiger partial charge in [0.05, 0.1) is 13.5 Å². The van der Waals surface area contributed by atoms with E-state index in [4.69, 9.17) is 4.74 Å². The average molecular weight is 377 g/mol. The first-order valence-corrected chi connectivity index (χ1v) is 8.82. The Bertz CT molecular complexity index is 1040. The van der Waals surface area contributed by atoms with Crippen LogP contribution in [0.2, 0.25) is 0 Å². The molecule has 4 rings (SSSR count). The SMILES string of the molecule is COc1ccc(-c2nc3n(n2)C(CC(=O)Nc2cccc(C)c2)C(=O)N3)cc1. The number of fused-ring (bicyclic) bond motifs is 1. The summed E-state index contributed by atoms with van der Waals surface area (Å²) in [5, 5.41) is 9.93. The minimum absolute atomic E-state index is 0.0296. The molecule has 0 saturated carbocycles. The van der Waals surface area contributed by atoms with E-state index in [1.807, 2.05) is 55.5 Å². The second-order valence-electron chi connectivity index (χ2n) is 6.56. The standard InChI is InChI=1S/C20H19N5O3/c1-12-4-3-5-14(10-12)21-17(26)11-16-19(27)23-20-22-18(24-25(16)20)13-6-8-15(28-2)9-7-13/h3-10,16H,11H2,1-2H3,(H,21,26)(H,22,23,24,27). The number of hydrogen-bond acceptors (Lipinski definition) is 5. The molecule has 3 aromatic rings. The summed E-state index contributed by atoms with van der Waals surface area (Å²) < 4.78 is 6.62. The van der Waals surface area contributed by atoms with Crippen LogP contribution in [0.4, 0.5) is 11.6 Å². The summed E-state index contributed by atoms with van der Waals surface area (Å²) in [7, 11) is 1.60. The Morgan fingerprint density at radius 1 is 1.25 bits per heavy atom. The Morgan fingerprint density at radius 3 is 2.75 bits per heavy atom. The largest absolute Gasteiger partial charge is 0.497 e. The molecule has 0 fully saturated rings. The van der Waals surface area contributed by atoms with Gasteiger partial charge in [-0.3, -0.25) is 14.9 Å². The smallest absolute Gasteiger partial charge is 0.252 e. The van der Waals surface area contributed by atoms with Crippen LogP contribution in [0.15, 0.2) is 48.5 Å². The van der Waals surface area contributed by atoms with Crippen molar-refractivity contribution in [2.45, 2.75) is 19.4 Å². The van der Waals surface area contributed by atoms with Gasteiger partial charge in [-0.15, -0.1) is 5.10 Å². The number of ether oxygens (including phenoxy) is 1. The van der Waals surface area contributed by atoms with E-state index < -0.39 is 6.04 Å². The fourth-order valence-corrected chi connectivity index (χ4v) is 3.08. The molecule has 2 heterocycles. The molecule has 142 valence electrons. The van der Waals surface area contributed by atoms with Crippen molar-refractivity contribution in [1.82, 2.24) is 14.8 Å². The van der Waals surface area contributed by atoms with Gasteiger partial charge in [0.2, 0.25) is 11.9 Å². The van der Waals surface area contributed by atoms with Crippen LogP contribution in [0, 0.1) is 6.92 Å². The molecule has 0 radical (unpaired) electrons. The maximum Gasteiger partial charge on any atom is 0.252 e. The van der Waals surface area contributed by atoms with Crippen molar-refractivity contribution in [2.24, 2.45) is 0 Å². The van der Waals surface area contributed by atoms with Crippen molar-refractivity contribution in [3.05, 3.63) is 54.1 Å². The first-order valence-electron chi connectivity index (χ1n) is 8.82. The third-order valence-corrected chi connectivity index (χ3v) is 4.49. The van der Waals surface area contributed by atoms with Crippen LogP contribution in [0.25, 0.3) is 11.4 Å². The van der Waals surface area contributed by atoms with Gasteiger partial charge in [0, 0.05) is 11.3 Å². The quantitative estimate of drug-likeness (QED) is 0.712. The monoisotopic (exact) mass is 377 g/mol. The van der Waals surface area contributed by atoms with Crippen LogP contribution in [-0.2, 0) is 9.59 Å². The number of hydrogen-bond donors (Lipinski definition) is 2. The van der Waals surface area contributed by atoms with E-state index >= 15 is 0 Å². The zero-order valence-electron chi connectivity index (χ0n) is 15.5. The molecule has 28 heavy (non-hydrogen) atoms. The topological polar surface area (TPSA) is 98.1 Å². The van der Waals surface area contributed by atoms with Crippen molar-refractivity contribution in [3.8, 4) is 17.1 Å². The summed E-state index contributed by atoms with van der Waals surface area (Å²) in [6, 6.07) is 14.1. The lowest BCUT2D eigenvalue weighted by Crippen LogP contribution is -2.23. The molecule has 1 aliphatic heterocycles. The highest BCUT2D eigenvalue weighted by atomic mass is 16.5. The van der Waals surface area contributed by atoms with Gasteiger partial charge in [0.1, 0.15) is 11.8 Å². The van der Waals surface area contributed by atoms with E-state index in [0.717, 1.165) is 16.9 Å². The molecule has 1 aliphatic rings. The van der Waals surface area contributed by atoms with Gasteiger partial charge in [0.25, 0.3) is 5.91 Å². The lowest BCUT2D eigenvalue weighted by molar-refractivity contribution is -0.123. The zero-order valence-corrected chi connectivity index (χ0v) is 15.5. The van der Waals surface area contributed by atoms with Gasteiger partial charge in [-0.2, -0.15) is 4.98 Å². The highest BCUT2D eigenvalue weighted by molar-refractivity contribution is 6.01. The van der Waals surface area contributed by atoms with E-state index in [-0.39, 0.29) is 18.2 Å². The summed E-state index contributed by atoms with van der Waals surface area (Å²) in [6.07, 6.45) is -0.0296. The summed E-state index contributed by atoms with van der Waals surface area (Å²) in [4.78, 5) is 29.0. The number of benzene rings is 2. The van der Waals surface area contributed by atoms with Gasteiger partial charge in [-0.05, 0) is 48.9 Å². The fraction of sp³-hybridized carbons (Fsp3) is 0.200. The van der Waals surface area contributed by atoms with Crippen molar-refractivity contribution in [3.63, 3.8) is 0 Å². The number of nitrogens with one attached hydrogen (secondary N) is 2. The van der Waals surface area contributed by atoms with E-state index in [2.05, 4.69) is 20.7 Å². The number of carbonyl (C=O) groups excluding carboxylic acids is 2. The van der Waals surface area contributed by atoms with Crippen molar-refractivity contribution in [1.29, 1.82) is 0 Å². The molecule has 0 bridgehead atoms. The molecule has 2 aromatic carbocycles. The van der Waals surface area contributed by atoms with Crippen LogP contribution in [0.1, 0.15) is 18.0 Å². The highest BCUT2D eigenvalue weighted by Crippen LogP contribution is 2.29. The van der Waals surface area contributed by atoms with Crippen LogP contribution >= 0.6 is 0 Å². The second-order valence-corrected chi connectivity index (χ2v) is 6.56. The number of anilines is 2. The molecule has 1 unspecified atom stereocenters. The number of aryl methyl sites for hydroxylation is 1. The van der Waals surface area contributed by atoms with Crippen molar-refractivity contribution >= 4 is 23.5 Å². The normalized spacial score (nSPS) is 15.1. The molecular weight excluding hydrogens is 358 g/mol. The predicted molar refractivity (Wildman–Crippen MR) is 104 cm³/mol. The highest BCUT2D eigenvalue weighted by Gasteiger charge is 2.35. The molecule has 0 aliphatic carbocycles. The summed E-state index contributed by atoms with van der Waals surface area (Å²) in [6.45, 7) is 1.95. The van der Waals surface area contributed by atoms with Gasteiger partial charge >= 0.3 is 0 Å². The molecule has 1 aromatic heterocycles. The van der Waals surface area contributed by atoms with Gasteiger partial charge < -0.3 is 10.1 Å². The van der Waals surface area contributed by atoms with Gasteiger partial charge in [0.15, 0.2) is 5.82 Å². The Morgan fingerprint density at radius 2 is 2.04 bits per heavy atom. The molecule has 0 saturated heterocycles. The fourth-order valence-electron chi connectivity index (χ4n) is 3.08. The summed E-state index contributed by atoms with van der Waals surface area (Å²) >= 11 is 0. The van der Waals surface area contributed by atoms with E-state index in [9.17, 15) is 9.59 Å². The van der Waals surface area contributed by atoms with Crippen LogP contribution < -0.4 is 15.4 Å². The Hall–Kier alpha value is -3.68. The number of carbonyl (C=O) groups is 2. The van der Waals surface area contributed by atoms with Crippen LogP contribution in [-0.4, -0.2) is 33.7 Å². The van der Waals surface area contributed by atoms with E-state index in [1.54, 1.807) is 7.11 Å². The maximum absolute atomic E-state index is 12.4. The predicted octanol–water partition coefficient (Wildman–Crippen LogP) is 2.78. The van der Waals surface area contributed by atoms with Crippen LogP contribution in [0.5, 0.6) is 5.75 Å². The Kier molecular flexibility index (Phi) is 4.52. The molecule has 2 amide bonds. The summed E-state index contributed by atoms with van der Waals surface area (Å²) in [5.74, 6) is 0.983. The zero-order chi connectivity index (χ0) is 19.7. The molecule has 8 nitrogen and oxygen atoms in total. The third-order valence-electron chi connectivity index (χ3n) is 4.49. The lowest BCUT2D eigenvalue weighted by atomic mass is 10.2. The summed E-state index contributed by atoms with van der Waals surface area (Å²) in [5.41, 5.74) is 2.53. The maximum atomic E-state index is 12.4. The number of amides is 2. The number of aromatic nitrogens is 3. The van der Waals surface area contributed by atoms with Gasteiger partial charge in [-0.1, -0.05) is 12.1 Å². The second kappa shape index (κ2) is 7.15. The Labute approximate surface area is 161 Å². The van der Waals surface area contributed by atoms with Crippen molar-refractivity contribution < 1.29 is 14.3 Å². The van der Waals surface area contributed by atoms with E-state index in [0.29, 0.717) is 17.5 Å². The molecule has 2 N–H and O–H groups in total. The van der Waals surface area contributed by atoms with E-state index in [1.165, 1.54) is 4.68 Å². The number of methoxy groups -OCH3 is 1. The minimum atomic E-state index is -0.737. The number of nitrogens with zero attached hydrogens (tertiary/aromatic N) is 3. The Balaban J connectivity index is 1.51. The van der Waals surface area contributed by atoms with Gasteiger partial charge in [-0.25, -0.2) is 4.68 Å². The van der Waals surface area contributed by atoms with Crippen molar-refractivity contribution in [2.75, 3.05) is 17.7 Å². The van der Waals surface area contributed by atoms with Crippen LogP contribution in [0.3, 0.4) is 0 Å². The third kappa shape index (κ3) is 3.44. The molecule has 1 atom stereocenters. The first-order chi connectivity index (χ1) is 13.5. The lowest BCUT2D eigenvalue weighted by Gasteiger charge is -2.10. The average Bonchev–Trinajstić information content (AvgIpc) is 3.20. The minimum Gasteiger partial charge on any atom is -0.497 e.